The van der Waals surface area contributed by atoms with Gasteiger partial charge in [-0.05, 0) is 109 Å². The van der Waals surface area contributed by atoms with Crippen LogP contribution in [0.25, 0.3) is 0 Å². The van der Waals surface area contributed by atoms with Gasteiger partial charge in [0.25, 0.3) is 0 Å². The topological polar surface area (TPSA) is 111 Å². The first-order chi connectivity index (χ1) is 34.6. The second-order valence-electron chi connectivity index (χ2n) is 18.4. The summed E-state index contributed by atoms with van der Waals surface area (Å²) in [5.74, 6) is -2.40. The molecule has 0 spiro atoms. The molecule has 0 aromatic carbocycles. The first-order valence-corrected chi connectivity index (χ1v) is 27.0. The standard InChI is InChI=1S/C62H97NO8/c1-6-8-10-12-14-16-18-20-22-24-25-26-27-28-29-30-31-32-33-34-35-37-39-41-43-45-47-49-51-53-60(65)71-58(57-70-62(61(66)67)68-55-54-63(3,4)5)56-69-59(64)52-50-48-46-44-42-40-38-36-23-21-19-17-15-13-11-9-7-2/h8-11,14-17,20-23,25-26,28-29,31-32,34-35,38,40,44,46,58,62H,6-7,12-13,18-19,24,27,30,33,36-37,39,41-43,45,47-57H2,1-5H3/b10-8-,11-9-,16-14-,17-15-,22-20-,23-21-,26-25-,29-28-,32-31-,35-34-,40-38-,46-44-. The van der Waals surface area contributed by atoms with E-state index in [1.165, 1.54) is 12.8 Å². The van der Waals surface area contributed by atoms with Gasteiger partial charge in [0.15, 0.2) is 12.4 Å². The molecule has 0 bridgehead atoms. The molecule has 0 radical (unpaired) electrons. The molecule has 0 rings (SSSR count). The molecule has 0 aliphatic carbocycles. The summed E-state index contributed by atoms with van der Waals surface area (Å²) in [6.45, 7) is 4.40. The van der Waals surface area contributed by atoms with Crippen molar-refractivity contribution in [2.75, 3.05) is 47.5 Å². The number of rotatable bonds is 47. The third kappa shape index (κ3) is 52.8. The molecular formula is C62H97NO8. The molecule has 0 fully saturated rings. The molecule has 71 heavy (non-hydrogen) atoms. The Morgan fingerprint density at radius 2 is 0.775 bits per heavy atom. The molecule has 0 aliphatic heterocycles. The van der Waals surface area contributed by atoms with E-state index < -0.39 is 30.3 Å². The van der Waals surface area contributed by atoms with Crippen molar-refractivity contribution in [1.29, 1.82) is 0 Å². The van der Waals surface area contributed by atoms with E-state index in [1.807, 2.05) is 21.1 Å². The Labute approximate surface area is 432 Å². The van der Waals surface area contributed by atoms with Gasteiger partial charge < -0.3 is 33.3 Å². The van der Waals surface area contributed by atoms with Crippen LogP contribution >= 0.6 is 0 Å². The third-order valence-corrected chi connectivity index (χ3v) is 10.6. The molecular weight excluding hydrogens is 887 g/mol. The van der Waals surface area contributed by atoms with Crippen molar-refractivity contribution < 1.29 is 42.9 Å². The van der Waals surface area contributed by atoms with Crippen LogP contribution in [0.1, 0.15) is 168 Å². The number of carboxylic acids is 1. The molecule has 0 amide bonds. The maximum Gasteiger partial charge on any atom is 0.306 e. The van der Waals surface area contributed by atoms with Crippen LogP contribution in [0.2, 0.25) is 0 Å². The zero-order valence-corrected chi connectivity index (χ0v) is 45.0. The van der Waals surface area contributed by atoms with Gasteiger partial charge in [-0.2, -0.15) is 0 Å². The van der Waals surface area contributed by atoms with Crippen molar-refractivity contribution in [1.82, 2.24) is 0 Å². The number of hydrogen-bond acceptors (Lipinski definition) is 8. The Kier molecular flexibility index (Phi) is 48.0. The molecule has 2 atom stereocenters. The zero-order chi connectivity index (χ0) is 52.0. The maximum absolute atomic E-state index is 12.8. The number of unbranched alkanes of at least 4 members (excludes halogenated alkanes) is 8. The second kappa shape index (κ2) is 51.5. The largest absolute Gasteiger partial charge is 0.545 e. The molecule has 0 N–H and O–H groups in total. The van der Waals surface area contributed by atoms with Gasteiger partial charge in [-0.3, -0.25) is 9.59 Å². The molecule has 9 heteroatoms. The quantitative estimate of drug-likeness (QED) is 0.0195. The van der Waals surface area contributed by atoms with E-state index in [4.69, 9.17) is 18.9 Å². The van der Waals surface area contributed by atoms with Crippen LogP contribution in [0.3, 0.4) is 0 Å². The summed E-state index contributed by atoms with van der Waals surface area (Å²) in [6.07, 6.45) is 71.8. The van der Waals surface area contributed by atoms with Crippen LogP contribution in [0.15, 0.2) is 146 Å². The summed E-state index contributed by atoms with van der Waals surface area (Å²) in [5, 5.41) is 11.8. The van der Waals surface area contributed by atoms with Crippen LogP contribution in [-0.4, -0.2) is 82.3 Å². The Bertz CT molecular complexity index is 1670. The lowest BCUT2D eigenvalue weighted by Crippen LogP contribution is -2.44. The number of allylic oxidation sites excluding steroid dienone is 24. The molecule has 0 aromatic heterocycles. The number of nitrogens with zero attached hydrogens (tertiary/aromatic N) is 1. The van der Waals surface area contributed by atoms with E-state index in [2.05, 4.69) is 160 Å². The number of hydrogen-bond donors (Lipinski definition) is 0. The highest BCUT2D eigenvalue weighted by Gasteiger charge is 2.21. The second-order valence-corrected chi connectivity index (χ2v) is 18.4. The summed E-state index contributed by atoms with van der Waals surface area (Å²) in [7, 11) is 5.88. The third-order valence-electron chi connectivity index (χ3n) is 10.6. The fourth-order valence-corrected chi connectivity index (χ4v) is 6.49. The smallest absolute Gasteiger partial charge is 0.306 e. The van der Waals surface area contributed by atoms with Gasteiger partial charge in [0, 0.05) is 12.8 Å². The van der Waals surface area contributed by atoms with E-state index in [-0.39, 0.29) is 32.7 Å². The Balaban J connectivity index is 4.41. The number of carbonyl (C=O) groups is 3. The van der Waals surface area contributed by atoms with E-state index in [0.29, 0.717) is 23.9 Å². The number of carboxylic acid groups (broad SMARTS) is 1. The maximum atomic E-state index is 12.8. The lowest BCUT2D eigenvalue weighted by atomic mass is 10.1. The predicted molar refractivity (Wildman–Crippen MR) is 296 cm³/mol. The molecule has 0 heterocycles. The summed E-state index contributed by atoms with van der Waals surface area (Å²) in [5.41, 5.74) is 0. The Hall–Kier alpha value is -4.83. The number of aliphatic carboxylic acids is 1. The average molecular weight is 984 g/mol. The van der Waals surface area contributed by atoms with Gasteiger partial charge in [-0.1, -0.05) is 192 Å². The van der Waals surface area contributed by atoms with E-state index >= 15 is 0 Å². The zero-order valence-electron chi connectivity index (χ0n) is 45.0. The number of carbonyl (C=O) groups excluding carboxylic acids is 3. The molecule has 2 unspecified atom stereocenters. The Morgan fingerprint density at radius 3 is 1.17 bits per heavy atom. The van der Waals surface area contributed by atoms with Crippen LogP contribution in [0.4, 0.5) is 0 Å². The lowest BCUT2D eigenvalue weighted by molar-refractivity contribution is -0.870. The lowest BCUT2D eigenvalue weighted by Gasteiger charge is -2.26. The monoisotopic (exact) mass is 984 g/mol. The highest BCUT2D eigenvalue weighted by Crippen LogP contribution is 2.12. The van der Waals surface area contributed by atoms with Crippen LogP contribution in [0, 0.1) is 0 Å². The molecule has 0 saturated heterocycles. The summed E-state index contributed by atoms with van der Waals surface area (Å²) in [6, 6.07) is 0. The van der Waals surface area contributed by atoms with Gasteiger partial charge in [0.2, 0.25) is 0 Å². The van der Waals surface area contributed by atoms with E-state index in [9.17, 15) is 19.5 Å². The SMILES string of the molecule is CC/C=C\C/C=C\C/C=C\C/C=C\C/C=C\C/C=C\C/C=C\CCCCCCCCCC(=O)OC(COC(=O)CCC/C=C\C/C=C\C/C=C\C/C=C\C/C=C\CC)COC(OCC[N+](C)(C)C)C(=O)[O-]. The number of quaternary nitrogens is 1. The molecule has 0 aromatic rings. The van der Waals surface area contributed by atoms with Crippen molar-refractivity contribution in [3.05, 3.63) is 146 Å². The van der Waals surface area contributed by atoms with Crippen molar-refractivity contribution >= 4 is 17.9 Å². The van der Waals surface area contributed by atoms with Crippen LogP contribution < -0.4 is 5.11 Å². The van der Waals surface area contributed by atoms with Crippen LogP contribution in [-0.2, 0) is 33.3 Å². The van der Waals surface area contributed by atoms with Crippen molar-refractivity contribution in [2.24, 2.45) is 0 Å². The fourth-order valence-electron chi connectivity index (χ4n) is 6.49. The number of esters is 2. The van der Waals surface area contributed by atoms with Gasteiger partial charge in [0.1, 0.15) is 13.2 Å². The summed E-state index contributed by atoms with van der Waals surface area (Å²) in [4.78, 5) is 37.2. The van der Waals surface area contributed by atoms with Crippen LogP contribution in [0.5, 0.6) is 0 Å². The fraction of sp³-hybridized carbons (Fsp3) is 0.565. The molecule has 0 saturated carbocycles. The minimum atomic E-state index is -1.65. The summed E-state index contributed by atoms with van der Waals surface area (Å²) < 4.78 is 22.6. The Morgan fingerprint density at radius 1 is 0.423 bits per heavy atom. The van der Waals surface area contributed by atoms with Crippen molar-refractivity contribution in [2.45, 2.75) is 180 Å². The van der Waals surface area contributed by atoms with Crippen molar-refractivity contribution in [3.63, 3.8) is 0 Å². The van der Waals surface area contributed by atoms with Gasteiger partial charge >= 0.3 is 11.9 Å². The number of ether oxygens (including phenoxy) is 4. The molecule has 398 valence electrons. The normalized spacial score (nSPS) is 14.0. The first kappa shape index (κ1) is 66.2. The van der Waals surface area contributed by atoms with Gasteiger partial charge in [0.05, 0.1) is 40.3 Å². The van der Waals surface area contributed by atoms with Crippen molar-refractivity contribution in [3.8, 4) is 0 Å². The highest BCUT2D eigenvalue weighted by atomic mass is 16.7. The highest BCUT2D eigenvalue weighted by molar-refractivity contribution is 5.70. The van der Waals surface area contributed by atoms with E-state index in [1.54, 1.807) is 0 Å². The average Bonchev–Trinajstić information content (AvgIpc) is 3.34. The predicted octanol–water partition coefficient (Wildman–Crippen LogP) is 14.3. The van der Waals surface area contributed by atoms with Gasteiger partial charge in [-0.25, -0.2) is 0 Å². The van der Waals surface area contributed by atoms with Gasteiger partial charge in [-0.15, -0.1) is 0 Å². The summed E-state index contributed by atoms with van der Waals surface area (Å²) >= 11 is 0. The molecule has 9 nitrogen and oxygen atoms in total. The first-order valence-electron chi connectivity index (χ1n) is 27.0. The molecule has 0 aliphatic rings. The minimum absolute atomic E-state index is 0.127. The minimum Gasteiger partial charge on any atom is -0.545 e. The number of likely N-dealkylation sites (N-methyl/N-ethyl adjacent to an activating group) is 1. The van der Waals surface area contributed by atoms with E-state index in [0.717, 1.165) is 116 Å².